The summed E-state index contributed by atoms with van der Waals surface area (Å²) in [4.78, 5) is 57.2. The number of ether oxygens (including phenoxy) is 1. The predicted octanol–water partition coefficient (Wildman–Crippen LogP) is 5.32. The van der Waals surface area contributed by atoms with E-state index in [-0.39, 0.29) is 29.2 Å². The lowest BCUT2D eigenvalue weighted by molar-refractivity contribution is -0.122. The number of amides is 3. The summed E-state index contributed by atoms with van der Waals surface area (Å²) in [5, 5.41) is 2.66. The Morgan fingerprint density at radius 3 is 2.52 bits per heavy atom. The molecule has 1 saturated heterocycles. The molecule has 40 heavy (non-hydrogen) atoms. The quantitative estimate of drug-likeness (QED) is 0.278. The largest absolute Gasteiger partial charge is 0.483 e. The molecule has 2 aliphatic rings. The number of anilines is 2. The van der Waals surface area contributed by atoms with Crippen molar-refractivity contribution < 1.29 is 19.1 Å². The van der Waals surface area contributed by atoms with Crippen LogP contribution in [0.1, 0.15) is 21.9 Å². The van der Waals surface area contributed by atoms with E-state index in [1.54, 1.807) is 36.4 Å². The molecule has 0 radical (unpaired) electrons. The van der Waals surface area contributed by atoms with Crippen LogP contribution in [0.2, 0.25) is 0 Å². The van der Waals surface area contributed by atoms with Crippen molar-refractivity contribution in [1.82, 2.24) is 4.98 Å². The summed E-state index contributed by atoms with van der Waals surface area (Å²) in [6.07, 6.45) is 0. The van der Waals surface area contributed by atoms with Gasteiger partial charge in [0.1, 0.15) is 11.0 Å². The summed E-state index contributed by atoms with van der Waals surface area (Å²) in [7, 11) is 0. The summed E-state index contributed by atoms with van der Waals surface area (Å²) in [6.45, 7) is 1.70. The van der Waals surface area contributed by atoms with Gasteiger partial charge in [-0.1, -0.05) is 74.9 Å². The Morgan fingerprint density at radius 1 is 1.02 bits per heavy atom. The lowest BCUT2D eigenvalue weighted by Gasteiger charge is -2.31. The first kappa shape index (κ1) is 26.5. The van der Waals surface area contributed by atoms with Crippen molar-refractivity contribution in [1.29, 1.82) is 0 Å². The highest BCUT2D eigenvalue weighted by molar-refractivity contribution is 9.10. The molecule has 3 heterocycles. The summed E-state index contributed by atoms with van der Waals surface area (Å²) >= 11 is 5.75. The minimum atomic E-state index is -0.769. The molecule has 3 aromatic carbocycles. The van der Waals surface area contributed by atoms with Crippen molar-refractivity contribution in [3.8, 4) is 5.75 Å². The van der Waals surface area contributed by atoms with Crippen LogP contribution in [0.25, 0.3) is 0 Å². The highest BCUT2D eigenvalue weighted by atomic mass is 79.9. The number of benzene rings is 3. The monoisotopic (exact) mass is 635 g/mol. The Kier molecular flexibility index (Phi) is 7.11. The van der Waals surface area contributed by atoms with Gasteiger partial charge >= 0.3 is 4.87 Å². The normalized spacial score (nSPS) is 19.8. The Hall–Kier alpha value is -3.67. The smallest absolute Gasteiger partial charge is 0.305 e. The first-order valence-electron chi connectivity index (χ1n) is 12.4. The van der Waals surface area contributed by atoms with Gasteiger partial charge in [0, 0.05) is 26.5 Å². The van der Waals surface area contributed by atoms with Crippen molar-refractivity contribution in [2.75, 3.05) is 16.8 Å². The number of fused-ring (bicyclic) bond motifs is 2. The number of thioether (sulfide) groups is 1. The average Bonchev–Trinajstić information content (AvgIpc) is 3.43. The minimum Gasteiger partial charge on any atom is -0.483 e. The molecule has 11 heteroatoms. The fourth-order valence-corrected chi connectivity index (χ4v) is 7.94. The number of para-hydroxylation sites is 1. The second kappa shape index (κ2) is 10.7. The number of rotatable bonds is 6. The van der Waals surface area contributed by atoms with Crippen LogP contribution in [0, 0.1) is 12.8 Å². The lowest BCUT2D eigenvalue weighted by atomic mass is 9.82. The van der Waals surface area contributed by atoms with E-state index < -0.39 is 17.1 Å². The van der Waals surface area contributed by atoms with E-state index in [0.717, 1.165) is 21.4 Å². The zero-order chi connectivity index (χ0) is 28.0. The first-order chi connectivity index (χ1) is 19.3. The molecular weight excluding hydrogens is 614 g/mol. The molecule has 2 aliphatic heterocycles. The lowest BCUT2D eigenvalue weighted by Crippen LogP contribution is -2.32. The van der Waals surface area contributed by atoms with Gasteiger partial charge in [0.05, 0.1) is 16.6 Å². The number of carbonyl (C=O) groups is 3. The Labute approximate surface area is 245 Å². The molecule has 0 spiro atoms. The maximum atomic E-state index is 13.9. The van der Waals surface area contributed by atoms with Gasteiger partial charge in [0.15, 0.2) is 6.61 Å². The van der Waals surface area contributed by atoms with Gasteiger partial charge in [0.25, 0.3) is 5.91 Å². The van der Waals surface area contributed by atoms with Crippen molar-refractivity contribution in [2.24, 2.45) is 5.92 Å². The average molecular weight is 637 g/mol. The number of aryl methyl sites for hydroxylation is 1. The molecule has 0 aliphatic carbocycles. The maximum Gasteiger partial charge on any atom is 0.305 e. The fourth-order valence-electron chi connectivity index (χ4n) is 5.05. The number of hydrogen-bond acceptors (Lipinski definition) is 7. The number of nitrogens with zero attached hydrogens (tertiary/aromatic N) is 1. The fraction of sp³-hybridized carbons (Fsp3) is 0.172. The second-order valence-electron chi connectivity index (χ2n) is 9.48. The SMILES string of the molecule is Cc1ccc(NC(=O)COc2ccc(Br)cc2C2c3sc(=O)[nH]c3SC3C(=O)N(c4ccccc4)C(=O)C32)cc1. The Balaban J connectivity index is 1.36. The zero-order valence-electron chi connectivity index (χ0n) is 21.1. The van der Waals surface area contributed by atoms with Gasteiger partial charge < -0.3 is 15.0 Å². The molecule has 8 nitrogen and oxygen atoms in total. The summed E-state index contributed by atoms with van der Waals surface area (Å²) in [5.41, 5.74) is 2.84. The molecular formula is C29H22BrN3O5S2. The van der Waals surface area contributed by atoms with Gasteiger partial charge in [-0.15, -0.1) is 0 Å². The van der Waals surface area contributed by atoms with Crippen molar-refractivity contribution in [3.05, 3.63) is 103 Å². The van der Waals surface area contributed by atoms with Crippen LogP contribution in [0.5, 0.6) is 5.75 Å². The molecule has 3 amide bonds. The summed E-state index contributed by atoms with van der Waals surface area (Å²) in [6, 6.07) is 21.6. The van der Waals surface area contributed by atoms with Crippen LogP contribution in [0.4, 0.5) is 11.4 Å². The molecule has 0 saturated carbocycles. The maximum absolute atomic E-state index is 13.9. The molecule has 1 aromatic heterocycles. The number of thiazole rings is 1. The standard InChI is InChI=1S/C29H22BrN3O5S2/c1-15-7-10-17(11-8-15)31-21(34)14-38-20-12-9-16(30)13-19(20)22-23-25(39-26-24(22)40-29(37)32-26)28(36)33(27(23)35)18-5-3-2-4-6-18/h2-13,22-23,25H,14H2,1H3,(H,31,34)(H,32,37). The van der Waals surface area contributed by atoms with Crippen molar-refractivity contribution in [3.63, 3.8) is 0 Å². The molecule has 3 atom stereocenters. The van der Waals surface area contributed by atoms with Crippen LogP contribution < -0.4 is 19.8 Å². The number of hydrogen-bond donors (Lipinski definition) is 2. The molecule has 202 valence electrons. The van der Waals surface area contributed by atoms with E-state index in [0.29, 0.717) is 32.6 Å². The number of imide groups is 1. The van der Waals surface area contributed by atoms with Crippen LogP contribution in [0.15, 0.2) is 87.1 Å². The summed E-state index contributed by atoms with van der Waals surface area (Å²) in [5.74, 6) is -2.03. The van der Waals surface area contributed by atoms with Crippen molar-refractivity contribution in [2.45, 2.75) is 23.1 Å². The van der Waals surface area contributed by atoms with E-state index in [9.17, 15) is 19.2 Å². The van der Waals surface area contributed by atoms with E-state index >= 15 is 0 Å². The third-order valence-electron chi connectivity index (χ3n) is 6.84. The number of H-pyrrole nitrogens is 1. The Morgan fingerprint density at radius 2 is 1.77 bits per heavy atom. The molecule has 1 fully saturated rings. The molecule has 4 aromatic rings. The van der Waals surface area contributed by atoms with Gasteiger partial charge in [-0.05, 0) is 49.4 Å². The number of halogens is 1. The summed E-state index contributed by atoms with van der Waals surface area (Å²) < 4.78 is 6.75. The highest BCUT2D eigenvalue weighted by Crippen LogP contribution is 2.54. The van der Waals surface area contributed by atoms with Gasteiger partial charge in [-0.25, -0.2) is 4.90 Å². The second-order valence-corrected chi connectivity index (χ2v) is 12.6. The van der Waals surface area contributed by atoms with E-state index in [1.165, 1.54) is 16.7 Å². The van der Waals surface area contributed by atoms with E-state index in [1.807, 2.05) is 43.3 Å². The zero-order valence-corrected chi connectivity index (χ0v) is 24.3. The third kappa shape index (κ3) is 4.89. The minimum absolute atomic E-state index is 0.266. The first-order valence-corrected chi connectivity index (χ1v) is 14.9. The highest BCUT2D eigenvalue weighted by Gasteiger charge is 2.56. The topological polar surface area (TPSA) is 109 Å². The Bertz CT molecular complexity index is 1690. The number of aromatic nitrogens is 1. The van der Waals surface area contributed by atoms with Gasteiger partial charge in [-0.3, -0.25) is 19.2 Å². The van der Waals surface area contributed by atoms with Gasteiger partial charge in [-0.2, -0.15) is 0 Å². The van der Waals surface area contributed by atoms with Crippen LogP contribution in [-0.2, 0) is 14.4 Å². The van der Waals surface area contributed by atoms with Crippen LogP contribution in [0.3, 0.4) is 0 Å². The number of carbonyl (C=O) groups excluding carboxylic acids is 3. The number of nitrogens with one attached hydrogen (secondary N) is 2. The van der Waals surface area contributed by atoms with E-state index in [2.05, 4.69) is 26.2 Å². The molecule has 0 bridgehead atoms. The molecule has 3 unspecified atom stereocenters. The van der Waals surface area contributed by atoms with Crippen molar-refractivity contribution >= 4 is 68.1 Å². The van der Waals surface area contributed by atoms with E-state index in [4.69, 9.17) is 4.74 Å². The number of aromatic amines is 1. The third-order valence-corrected chi connectivity index (χ3v) is 9.73. The molecule has 2 N–H and O–H groups in total. The van der Waals surface area contributed by atoms with Crippen LogP contribution >= 0.6 is 39.0 Å². The molecule has 6 rings (SSSR count). The van der Waals surface area contributed by atoms with Gasteiger partial charge in [0.2, 0.25) is 11.8 Å². The predicted molar refractivity (Wildman–Crippen MR) is 158 cm³/mol. The van der Waals surface area contributed by atoms with Crippen LogP contribution in [-0.4, -0.2) is 34.6 Å².